The summed E-state index contributed by atoms with van der Waals surface area (Å²) >= 11 is 0. The van der Waals surface area contributed by atoms with E-state index in [1.807, 2.05) is 0 Å². The fraction of sp³-hybridized carbons (Fsp3) is 0.200. The first kappa shape index (κ1) is 9.11. The van der Waals surface area contributed by atoms with Gasteiger partial charge >= 0.3 is 0 Å². The van der Waals surface area contributed by atoms with Gasteiger partial charge in [-0.15, -0.1) is 0 Å². The first-order valence-electron chi connectivity index (χ1n) is 6.08. The fourth-order valence-corrected chi connectivity index (χ4v) is 2.98. The molecule has 0 atom stereocenters. The molecule has 2 nitrogen and oxygen atoms in total. The molecule has 0 saturated heterocycles. The van der Waals surface area contributed by atoms with Crippen LogP contribution in [0.25, 0.3) is 21.8 Å². The number of aromatic amines is 1. The SMILES string of the molecule is CN1CCc2ccc3c([nH]c4ccccc43)c21. The molecule has 0 bridgehead atoms. The number of anilines is 1. The van der Waals surface area contributed by atoms with E-state index in [1.54, 1.807) is 0 Å². The molecule has 1 aliphatic rings. The first-order valence-corrected chi connectivity index (χ1v) is 6.08. The summed E-state index contributed by atoms with van der Waals surface area (Å²) in [5, 5.41) is 2.67. The molecular formula is C15H14N2. The lowest BCUT2D eigenvalue weighted by molar-refractivity contribution is 0.957. The molecule has 1 N–H and O–H groups in total. The number of rotatable bonds is 0. The molecule has 0 amide bonds. The van der Waals surface area contributed by atoms with E-state index in [4.69, 9.17) is 0 Å². The van der Waals surface area contributed by atoms with Crippen molar-refractivity contribution in [1.82, 2.24) is 4.98 Å². The highest BCUT2D eigenvalue weighted by atomic mass is 15.1. The summed E-state index contributed by atoms with van der Waals surface area (Å²) in [5.74, 6) is 0. The summed E-state index contributed by atoms with van der Waals surface area (Å²) in [7, 11) is 2.18. The number of benzene rings is 2. The summed E-state index contributed by atoms with van der Waals surface area (Å²) in [5.41, 5.74) is 5.38. The number of aromatic nitrogens is 1. The zero-order chi connectivity index (χ0) is 11.4. The van der Waals surface area contributed by atoms with Crippen molar-refractivity contribution >= 4 is 27.5 Å². The summed E-state index contributed by atoms with van der Waals surface area (Å²) < 4.78 is 0. The quantitative estimate of drug-likeness (QED) is 0.618. The van der Waals surface area contributed by atoms with Gasteiger partial charge in [0.25, 0.3) is 0 Å². The summed E-state index contributed by atoms with van der Waals surface area (Å²) in [4.78, 5) is 5.92. The molecule has 0 aliphatic carbocycles. The van der Waals surface area contributed by atoms with E-state index in [-0.39, 0.29) is 0 Å². The van der Waals surface area contributed by atoms with Crippen molar-refractivity contribution in [2.45, 2.75) is 6.42 Å². The highest BCUT2D eigenvalue weighted by Crippen LogP contribution is 2.37. The van der Waals surface area contributed by atoms with E-state index in [9.17, 15) is 0 Å². The second kappa shape index (κ2) is 3.04. The van der Waals surface area contributed by atoms with Gasteiger partial charge in [0.1, 0.15) is 0 Å². The highest BCUT2D eigenvalue weighted by Gasteiger charge is 2.20. The van der Waals surface area contributed by atoms with Gasteiger partial charge in [0.2, 0.25) is 0 Å². The summed E-state index contributed by atoms with van der Waals surface area (Å²) in [6.07, 6.45) is 1.16. The lowest BCUT2D eigenvalue weighted by Crippen LogP contribution is -2.12. The van der Waals surface area contributed by atoms with Gasteiger partial charge in [-0.1, -0.05) is 30.3 Å². The minimum atomic E-state index is 1.13. The van der Waals surface area contributed by atoms with E-state index < -0.39 is 0 Å². The Kier molecular flexibility index (Phi) is 1.63. The number of likely N-dealkylation sites (N-methyl/N-ethyl adjacent to an activating group) is 1. The number of hydrogen-bond donors (Lipinski definition) is 1. The van der Waals surface area contributed by atoms with Crippen molar-refractivity contribution in [1.29, 1.82) is 0 Å². The van der Waals surface area contributed by atoms with E-state index in [1.165, 1.54) is 33.1 Å². The van der Waals surface area contributed by atoms with E-state index in [0.29, 0.717) is 0 Å². The van der Waals surface area contributed by atoms with Crippen LogP contribution in [0.1, 0.15) is 5.56 Å². The molecule has 2 heterocycles. The Morgan fingerprint density at radius 2 is 1.94 bits per heavy atom. The van der Waals surface area contributed by atoms with Gasteiger partial charge < -0.3 is 9.88 Å². The average molecular weight is 222 g/mol. The third-order valence-corrected chi connectivity index (χ3v) is 3.84. The zero-order valence-electron chi connectivity index (χ0n) is 9.83. The molecule has 0 radical (unpaired) electrons. The Hall–Kier alpha value is -1.96. The molecule has 4 rings (SSSR count). The van der Waals surface area contributed by atoms with Gasteiger partial charge in [-0.05, 0) is 18.1 Å². The molecule has 2 heteroatoms. The van der Waals surface area contributed by atoms with E-state index in [2.05, 4.69) is 53.3 Å². The number of H-pyrrole nitrogens is 1. The maximum Gasteiger partial charge on any atom is 0.0705 e. The zero-order valence-corrected chi connectivity index (χ0v) is 9.83. The summed E-state index contributed by atoms with van der Waals surface area (Å²) in [6.45, 7) is 1.13. The molecule has 1 aromatic heterocycles. The Morgan fingerprint density at radius 1 is 1.06 bits per heavy atom. The van der Waals surface area contributed by atoms with Gasteiger partial charge in [-0.3, -0.25) is 0 Å². The van der Waals surface area contributed by atoms with Crippen LogP contribution in [-0.4, -0.2) is 18.6 Å². The predicted octanol–water partition coefficient (Wildman–Crippen LogP) is 3.31. The maximum atomic E-state index is 3.57. The third-order valence-electron chi connectivity index (χ3n) is 3.84. The molecule has 0 spiro atoms. The van der Waals surface area contributed by atoms with E-state index >= 15 is 0 Å². The number of para-hydroxylation sites is 1. The fourth-order valence-electron chi connectivity index (χ4n) is 2.98. The molecule has 3 aromatic rings. The Morgan fingerprint density at radius 3 is 2.88 bits per heavy atom. The topological polar surface area (TPSA) is 19.0 Å². The van der Waals surface area contributed by atoms with Crippen LogP contribution in [0.2, 0.25) is 0 Å². The van der Waals surface area contributed by atoms with Gasteiger partial charge in [-0.2, -0.15) is 0 Å². The number of nitrogens with zero attached hydrogens (tertiary/aromatic N) is 1. The van der Waals surface area contributed by atoms with Crippen molar-refractivity contribution in [3.8, 4) is 0 Å². The van der Waals surface area contributed by atoms with Crippen LogP contribution in [0.4, 0.5) is 5.69 Å². The van der Waals surface area contributed by atoms with Crippen molar-refractivity contribution < 1.29 is 0 Å². The van der Waals surface area contributed by atoms with Gasteiger partial charge in [-0.25, -0.2) is 0 Å². The molecule has 0 fully saturated rings. The summed E-state index contributed by atoms with van der Waals surface area (Å²) in [6, 6.07) is 13.1. The van der Waals surface area contributed by atoms with Crippen molar-refractivity contribution in [3.63, 3.8) is 0 Å². The van der Waals surface area contributed by atoms with Gasteiger partial charge in [0.05, 0.1) is 11.2 Å². The van der Waals surface area contributed by atoms with Crippen LogP contribution >= 0.6 is 0 Å². The first-order chi connectivity index (χ1) is 8.34. The van der Waals surface area contributed by atoms with Crippen LogP contribution in [0.3, 0.4) is 0 Å². The molecule has 0 saturated carbocycles. The lowest BCUT2D eigenvalue weighted by atomic mass is 10.1. The van der Waals surface area contributed by atoms with Crippen molar-refractivity contribution in [2.75, 3.05) is 18.5 Å². The normalized spacial score (nSPS) is 14.8. The smallest absolute Gasteiger partial charge is 0.0705 e. The Bertz CT molecular complexity index is 724. The molecular weight excluding hydrogens is 208 g/mol. The molecule has 84 valence electrons. The molecule has 17 heavy (non-hydrogen) atoms. The number of fused-ring (bicyclic) bond motifs is 5. The van der Waals surface area contributed by atoms with Crippen LogP contribution in [0, 0.1) is 0 Å². The molecule has 2 aromatic carbocycles. The lowest BCUT2D eigenvalue weighted by Gasteiger charge is -2.12. The minimum Gasteiger partial charge on any atom is -0.372 e. The molecule has 0 unspecified atom stereocenters. The van der Waals surface area contributed by atoms with Crippen LogP contribution < -0.4 is 4.90 Å². The van der Waals surface area contributed by atoms with Gasteiger partial charge in [0, 0.05) is 29.9 Å². The molecule has 1 aliphatic heterocycles. The Balaban J connectivity index is 2.22. The average Bonchev–Trinajstić information content (AvgIpc) is 2.90. The maximum absolute atomic E-state index is 3.57. The van der Waals surface area contributed by atoms with Crippen LogP contribution in [0.15, 0.2) is 36.4 Å². The number of hydrogen-bond acceptors (Lipinski definition) is 1. The van der Waals surface area contributed by atoms with E-state index in [0.717, 1.165) is 13.0 Å². The number of nitrogens with one attached hydrogen (secondary N) is 1. The van der Waals surface area contributed by atoms with Gasteiger partial charge in [0.15, 0.2) is 0 Å². The second-order valence-electron chi connectivity index (χ2n) is 4.84. The van der Waals surface area contributed by atoms with Crippen LogP contribution in [-0.2, 0) is 6.42 Å². The monoisotopic (exact) mass is 222 g/mol. The van der Waals surface area contributed by atoms with Crippen molar-refractivity contribution in [2.24, 2.45) is 0 Å². The second-order valence-corrected chi connectivity index (χ2v) is 4.84. The third kappa shape index (κ3) is 1.10. The van der Waals surface area contributed by atoms with Crippen LogP contribution in [0.5, 0.6) is 0 Å². The largest absolute Gasteiger partial charge is 0.372 e. The standard InChI is InChI=1S/C15H14N2/c1-17-9-8-10-6-7-12-11-4-2-3-5-13(11)16-14(12)15(10)17/h2-7,16H,8-9H2,1H3. The van der Waals surface area contributed by atoms with Crippen molar-refractivity contribution in [3.05, 3.63) is 42.0 Å². The minimum absolute atomic E-state index is 1.13. The predicted molar refractivity (Wildman–Crippen MR) is 72.8 cm³/mol. The Labute approximate surface area is 99.9 Å². The highest BCUT2D eigenvalue weighted by molar-refractivity contribution is 6.12.